The van der Waals surface area contributed by atoms with Crippen molar-refractivity contribution in [2.75, 3.05) is 0 Å². The van der Waals surface area contributed by atoms with Gasteiger partial charge < -0.3 is 10.1 Å². The monoisotopic (exact) mass is 352 g/mol. The first kappa shape index (κ1) is 16.1. The number of H-pyrrole nitrogens is 1. The average Bonchev–Trinajstić information content (AvgIpc) is 3.01. The molecule has 1 aliphatic rings. The summed E-state index contributed by atoms with van der Waals surface area (Å²) in [5.41, 5.74) is 0.786. The van der Waals surface area contributed by atoms with E-state index in [0.29, 0.717) is 11.4 Å². The number of non-ortho nitro benzene ring substituents is 1. The molecular formula is C13H12N4O6S. The van der Waals surface area contributed by atoms with Crippen molar-refractivity contribution in [3.8, 4) is 0 Å². The molecule has 1 atom stereocenters. The van der Waals surface area contributed by atoms with Gasteiger partial charge in [-0.05, 0) is 12.1 Å². The number of nitrogens with zero attached hydrogens (tertiary/aromatic N) is 3. The summed E-state index contributed by atoms with van der Waals surface area (Å²) in [6, 6.07) is 3.02. The number of fused-ring (bicyclic) bond motifs is 1. The SMILES string of the molecule is O=C(O)C1Cc2nc[nH]c2CN1S(=O)(=O)c1ccc([N+](=O)[O-])cc1. The molecule has 2 heterocycles. The van der Waals surface area contributed by atoms with Crippen LogP contribution in [0.3, 0.4) is 0 Å². The molecule has 0 bridgehead atoms. The molecule has 24 heavy (non-hydrogen) atoms. The van der Waals surface area contributed by atoms with E-state index in [0.717, 1.165) is 28.6 Å². The van der Waals surface area contributed by atoms with Crippen LogP contribution in [0.1, 0.15) is 11.4 Å². The number of aliphatic carboxylic acids is 1. The largest absolute Gasteiger partial charge is 0.480 e. The lowest BCUT2D eigenvalue weighted by molar-refractivity contribution is -0.384. The highest BCUT2D eigenvalue weighted by Gasteiger charge is 2.40. The molecule has 0 saturated carbocycles. The number of nitro groups is 1. The standard InChI is InChI=1S/C13H12N4O6S/c18-13(19)12-5-10-11(15-7-14-10)6-16(12)24(22,23)9-3-1-8(2-4-9)17(20)21/h1-4,7,12H,5-6H2,(H,14,15)(H,18,19). The third-order valence-electron chi connectivity index (χ3n) is 3.79. The average molecular weight is 352 g/mol. The number of carboxylic acid groups (broad SMARTS) is 1. The van der Waals surface area contributed by atoms with Gasteiger partial charge in [0.1, 0.15) is 6.04 Å². The molecule has 3 rings (SSSR count). The van der Waals surface area contributed by atoms with Crippen molar-refractivity contribution in [3.05, 3.63) is 52.1 Å². The Labute approximate surface area is 136 Å². The van der Waals surface area contributed by atoms with Gasteiger partial charge in [-0.2, -0.15) is 4.31 Å². The highest BCUT2D eigenvalue weighted by Crippen LogP contribution is 2.28. The third kappa shape index (κ3) is 2.63. The van der Waals surface area contributed by atoms with E-state index in [9.17, 15) is 28.4 Å². The van der Waals surface area contributed by atoms with Crippen LogP contribution in [-0.2, 0) is 27.8 Å². The Morgan fingerprint density at radius 1 is 1.38 bits per heavy atom. The first-order chi connectivity index (χ1) is 11.3. The topological polar surface area (TPSA) is 146 Å². The molecule has 1 aromatic heterocycles. The molecule has 0 fully saturated rings. The first-order valence-electron chi connectivity index (χ1n) is 6.81. The van der Waals surface area contributed by atoms with Crippen molar-refractivity contribution in [2.45, 2.75) is 23.9 Å². The lowest BCUT2D eigenvalue weighted by atomic mass is 10.1. The molecule has 1 aromatic carbocycles. The summed E-state index contributed by atoms with van der Waals surface area (Å²) in [5.74, 6) is -1.28. The second kappa shape index (κ2) is 5.69. The van der Waals surface area contributed by atoms with Gasteiger partial charge in [0.25, 0.3) is 5.69 Å². The van der Waals surface area contributed by atoms with Gasteiger partial charge in [0.2, 0.25) is 10.0 Å². The number of aromatic nitrogens is 2. The lowest BCUT2D eigenvalue weighted by Gasteiger charge is -2.31. The normalized spacial score (nSPS) is 18.1. The zero-order valence-corrected chi connectivity index (χ0v) is 12.9. The van der Waals surface area contributed by atoms with Gasteiger partial charge in [0, 0.05) is 18.6 Å². The van der Waals surface area contributed by atoms with Crippen LogP contribution in [0.25, 0.3) is 0 Å². The summed E-state index contributed by atoms with van der Waals surface area (Å²) < 4.78 is 26.4. The fourth-order valence-electron chi connectivity index (χ4n) is 2.55. The van der Waals surface area contributed by atoms with Gasteiger partial charge in [-0.3, -0.25) is 14.9 Å². The van der Waals surface area contributed by atoms with E-state index in [2.05, 4.69) is 9.97 Å². The minimum Gasteiger partial charge on any atom is -0.480 e. The minimum absolute atomic E-state index is 0.0552. The van der Waals surface area contributed by atoms with Gasteiger partial charge in [0.15, 0.2) is 0 Å². The fourth-order valence-corrected chi connectivity index (χ4v) is 4.10. The molecule has 10 nitrogen and oxygen atoms in total. The Balaban J connectivity index is 2.01. The molecule has 11 heteroatoms. The van der Waals surface area contributed by atoms with E-state index in [1.54, 1.807) is 0 Å². The van der Waals surface area contributed by atoms with Crippen LogP contribution < -0.4 is 0 Å². The predicted molar refractivity (Wildman–Crippen MR) is 79.5 cm³/mol. The van der Waals surface area contributed by atoms with Crippen molar-refractivity contribution in [1.82, 2.24) is 14.3 Å². The van der Waals surface area contributed by atoms with Gasteiger partial charge in [0.05, 0.1) is 34.1 Å². The van der Waals surface area contributed by atoms with Crippen molar-refractivity contribution >= 4 is 21.7 Å². The highest BCUT2D eigenvalue weighted by atomic mass is 32.2. The summed E-state index contributed by atoms with van der Waals surface area (Å²) in [4.78, 5) is 28.1. The minimum atomic E-state index is -4.14. The quantitative estimate of drug-likeness (QED) is 0.602. The molecule has 0 aliphatic carbocycles. The number of carboxylic acids is 1. The van der Waals surface area contributed by atoms with Crippen molar-refractivity contribution in [1.29, 1.82) is 0 Å². The number of nitro benzene ring substituents is 1. The Bertz CT molecular complexity index is 905. The van der Waals surface area contributed by atoms with Gasteiger partial charge in [-0.1, -0.05) is 0 Å². The van der Waals surface area contributed by atoms with Crippen LogP contribution in [0.2, 0.25) is 0 Å². The summed E-state index contributed by atoms with van der Waals surface area (Å²) in [7, 11) is -4.14. The summed E-state index contributed by atoms with van der Waals surface area (Å²) in [5, 5.41) is 20.0. The van der Waals surface area contributed by atoms with Gasteiger partial charge >= 0.3 is 5.97 Å². The number of hydrogen-bond donors (Lipinski definition) is 2. The maximum absolute atomic E-state index is 12.8. The number of carbonyl (C=O) groups is 1. The maximum Gasteiger partial charge on any atom is 0.322 e. The van der Waals surface area contributed by atoms with Crippen molar-refractivity contribution in [2.24, 2.45) is 0 Å². The third-order valence-corrected chi connectivity index (χ3v) is 5.66. The van der Waals surface area contributed by atoms with Crippen molar-refractivity contribution < 1.29 is 23.2 Å². The fraction of sp³-hybridized carbons (Fsp3) is 0.231. The molecule has 126 valence electrons. The van der Waals surface area contributed by atoms with Crippen LogP contribution in [0.15, 0.2) is 35.5 Å². The van der Waals surface area contributed by atoms with E-state index in [1.807, 2.05) is 0 Å². The van der Waals surface area contributed by atoms with E-state index in [1.165, 1.54) is 6.33 Å². The molecular weight excluding hydrogens is 340 g/mol. The van der Waals surface area contributed by atoms with E-state index in [4.69, 9.17) is 0 Å². The van der Waals surface area contributed by atoms with Crippen molar-refractivity contribution in [3.63, 3.8) is 0 Å². The Morgan fingerprint density at radius 3 is 2.62 bits per heavy atom. The first-order valence-corrected chi connectivity index (χ1v) is 8.25. The number of benzene rings is 1. The van der Waals surface area contributed by atoms with Gasteiger partial charge in [-0.25, -0.2) is 13.4 Å². The molecule has 0 amide bonds. The molecule has 2 N–H and O–H groups in total. The Hall–Kier alpha value is -2.79. The van der Waals surface area contributed by atoms with Crippen LogP contribution in [-0.4, -0.2) is 44.7 Å². The number of hydrogen-bond acceptors (Lipinski definition) is 6. The smallest absolute Gasteiger partial charge is 0.322 e. The number of imidazole rings is 1. The summed E-state index contributed by atoms with van der Waals surface area (Å²) in [6.45, 7) is -0.161. The molecule has 2 aromatic rings. The zero-order chi connectivity index (χ0) is 17.5. The second-order valence-electron chi connectivity index (χ2n) is 5.19. The number of nitrogens with one attached hydrogen (secondary N) is 1. The molecule has 0 saturated heterocycles. The van der Waals surface area contributed by atoms with Crippen LogP contribution in [0.4, 0.5) is 5.69 Å². The lowest BCUT2D eigenvalue weighted by Crippen LogP contribution is -2.48. The number of sulfonamides is 1. The summed E-state index contributed by atoms with van der Waals surface area (Å²) >= 11 is 0. The number of rotatable bonds is 4. The molecule has 1 unspecified atom stereocenters. The van der Waals surface area contributed by atoms with E-state index in [-0.39, 0.29) is 23.5 Å². The molecule has 0 spiro atoms. The zero-order valence-electron chi connectivity index (χ0n) is 12.1. The van der Waals surface area contributed by atoms with Crippen LogP contribution >= 0.6 is 0 Å². The maximum atomic E-state index is 12.8. The Kier molecular flexibility index (Phi) is 3.81. The number of aromatic amines is 1. The Morgan fingerprint density at radius 2 is 2.04 bits per heavy atom. The van der Waals surface area contributed by atoms with E-state index >= 15 is 0 Å². The second-order valence-corrected chi connectivity index (χ2v) is 7.08. The summed E-state index contributed by atoms with van der Waals surface area (Å²) in [6.07, 6.45) is 1.33. The molecule has 0 radical (unpaired) electrons. The van der Waals surface area contributed by atoms with Gasteiger partial charge in [-0.15, -0.1) is 0 Å². The molecule has 1 aliphatic heterocycles. The van der Waals surface area contributed by atoms with Crippen LogP contribution in [0, 0.1) is 10.1 Å². The highest BCUT2D eigenvalue weighted by molar-refractivity contribution is 7.89. The predicted octanol–water partition coefficient (Wildman–Crippen LogP) is 0.518. The van der Waals surface area contributed by atoms with E-state index < -0.39 is 27.0 Å². The van der Waals surface area contributed by atoms with Crippen LogP contribution in [0.5, 0.6) is 0 Å².